The Balaban J connectivity index is 1.27. The average molecular weight is 613 g/mol. The smallest absolute Gasteiger partial charge is 0.410 e. The van der Waals surface area contributed by atoms with Gasteiger partial charge in [-0.15, -0.1) is 0 Å². The van der Waals surface area contributed by atoms with Crippen molar-refractivity contribution in [1.82, 2.24) is 14.9 Å². The number of amides is 2. The molecule has 3 heterocycles. The Morgan fingerprint density at radius 2 is 1.69 bits per heavy atom. The molecule has 10 nitrogen and oxygen atoms in total. The van der Waals surface area contributed by atoms with E-state index in [-0.39, 0.29) is 30.8 Å². The molecule has 12 heteroatoms. The van der Waals surface area contributed by atoms with Crippen LogP contribution >= 0.6 is 23.2 Å². The minimum absolute atomic E-state index is 0.00214. The predicted octanol–water partition coefficient (Wildman–Crippen LogP) is 6.42. The van der Waals surface area contributed by atoms with Crippen molar-refractivity contribution in [2.75, 3.05) is 46.8 Å². The summed E-state index contributed by atoms with van der Waals surface area (Å²) < 4.78 is 5.60. The maximum Gasteiger partial charge on any atom is 0.410 e. The van der Waals surface area contributed by atoms with E-state index in [9.17, 15) is 9.59 Å². The minimum atomic E-state index is -0.530. The summed E-state index contributed by atoms with van der Waals surface area (Å²) in [5.41, 5.74) is 2.15. The first kappa shape index (κ1) is 29.7. The quantitative estimate of drug-likeness (QED) is 0.361. The molecular weight excluding hydrogens is 577 g/mol. The van der Waals surface area contributed by atoms with E-state index in [0.717, 1.165) is 11.4 Å². The summed E-state index contributed by atoms with van der Waals surface area (Å²) >= 11 is 12.7. The van der Waals surface area contributed by atoms with Crippen LogP contribution in [-0.2, 0) is 4.74 Å². The summed E-state index contributed by atoms with van der Waals surface area (Å²) in [5.74, 6) is 0.613. The van der Waals surface area contributed by atoms with Crippen LogP contribution in [0.4, 0.5) is 33.6 Å². The molecule has 0 spiro atoms. The number of anilines is 5. The molecule has 222 valence electrons. The molecule has 2 aliphatic rings. The van der Waals surface area contributed by atoms with Gasteiger partial charge in [-0.2, -0.15) is 4.98 Å². The van der Waals surface area contributed by atoms with Crippen molar-refractivity contribution < 1.29 is 14.3 Å². The summed E-state index contributed by atoms with van der Waals surface area (Å²) in [4.78, 5) is 42.6. The van der Waals surface area contributed by atoms with Gasteiger partial charge in [-0.25, -0.2) is 9.78 Å². The summed E-state index contributed by atoms with van der Waals surface area (Å²) in [6.45, 7) is 11.3. The maximum absolute atomic E-state index is 13.3. The van der Waals surface area contributed by atoms with Crippen molar-refractivity contribution in [2.24, 2.45) is 0 Å². The molecule has 1 saturated heterocycles. The number of hydrogen-bond donors (Lipinski definition) is 1. The fraction of sp³-hybridized carbons (Fsp3) is 0.400. The number of ether oxygens (including phenoxy) is 1. The molecule has 0 saturated carbocycles. The zero-order valence-corrected chi connectivity index (χ0v) is 26.1. The number of rotatable bonds is 4. The molecule has 5 rings (SSSR count). The second-order valence-electron chi connectivity index (χ2n) is 11.7. The molecule has 0 unspecified atom stereocenters. The molecule has 2 amide bonds. The zero-order valence-electron chi connectivity index (χ0n) is 24.6. The molecule has 3 aromatic rings. The van der Waals surface area contributed by atoms with Crippen molar-refractivity contribution in [3.63, 3.8) is 0 Å². The third-order valence-electron chi connectivity index (χ3n) is 7.24. The van der Waals surface area contributed by atoms with Gasteiger partial charge in [0, 0.05) is 49.8 Å². The molecule has 2 aromatic carbocycles. The van der Waals surface area contributed by atoms with E-state index in [1.54, 1.807) is 23.1 Å². The third kappa shape index (κ3) is 6.05. The summed E-state index contributed by atoms with van der Waals surface area (Å²) in [6, 6.07) is 13.3. The lowest BCUT2D eigenvalue weighted by Gasteiger charge is -2.45. The van der Waals surface area contributed by atoms with Crippen LogP contribution in [-0.4, -0.2) is 71.4 Å². The lowest BCUT2D eigenvalue weighted by Crippen LogP contribution is -2.59. The Morgan fingerprint density at radius 1 is 1.02 bits per heavy atom. The largest absolute Gasteiger partial charge is 0.444 e. The molecule has 1 fully saturated rings. The van der Waals surface area contributed by atoms with Crippen molar-refractivity contribution in [3.05, 3.63) is 64.3 Å². The van der Waals surface area contributed by atoms with Crippen LogP contribution in [0.1, 0.15) is 45.0 Å². The first-order chi connectivity index (χ1) is 19.8. The number of nitrogens with one attached hydrogen (secondary N) is 1. The number of piperazine rings is 1. The number of halogens is 2. The highest BCUT2D eigenvalue weighted by atomic mass is 35.5. The summed E-state index contributed by atoms with van der Waals surface area (Å²) in [6.07, 6.45) is 1.24. The fourth-order valence-electron chi connectivity index (χ4n) is 5.21. The van der Waals surface area contributed by atoms with Gasteiger partial charge in [0.2, 0.25) is 5.95 Å². The highest BCUT2D eigenvalue weighted by molar-refractivity contribution is 6.40. The number of aromatic nitrogens is 2. The van der Waals surface area contributed by atoms with Gasteiger partial charge in [0.1, 0.15) is 17.0 Å². The van der Waals surface area contributed by atoms with Crippen LogP contribution in [0.15, 0.2) is 48.7 Å². The molecule has 1 N–H and O–H groups in total. The lowest BCUT2D eigenvalue weighted by molar-refractivity contribution is 0.0130. The van der Waals surface area contributed by atoms with Crippen LogP contribution in [0.25, 0.3) is 0 Å². The number of benzene rings is 2. The normalized spacial score (nSPS) is 19.1. The molecule has 0 radical (unpaired) electrons. The number of carbonyl (C=O) groups excluding carboxylic acids is 2. The number of fused-ring (bicyclic) bond motifs is 1. The second kappa shape index (κ2) is 11.5. The Morgan fingerprint density at radius 3 is 2.33 bits per heavy atom. The lowest BCUT2D eigenvalue weighted by atomic mass is 10.1. The maximum atomic E-state index is 13.3. The van der Waals surface area contributed by atoms with Gasteiger partial charge in [-0.05, 0) is 71.0 Å². The Hall–Kier alpha value is -3.76. The first-order valence-electron chi connectivity index (χ1n) is 13.8. The molecule has 2 aliphatic heterocycles. The van der Waals surface area contributed by atoms with E-state index >= 15 is 0 Å². The average Bonchev–Trinajstić information content (AvgIpc) is 2.92. The van der Waals surface area contributed by atoms with E-state index in [1.807, 2.05) is 63.9 Å². The Kier molecular flexibility index (Phi) is 8.13. The van der Waals surface area contributed by atoms with Gasteiger partial charge >= 0.3 is 6.09 Å². The van der Waals surface area contributed by atoms with Crippen molar-refractivity contribution in [1.29, 1.82) is 0 Å². The van der Waals surface area contributed by atoms with Gasteiger partial charge in [0.15, 0.2) is 0 Å². The van der Waals surface area contributed by atoms with E-state index in [2.05, 4.69) is 27.1 Å². The molecule has 2 atom stereocenters. The van der Waals surface area contributed by atoms with Crippen molar-refractivity contribution in [3.8, 4) is 0 Å². The van der Waals surface area contributed by atoms with Gasteiger partial charge in [0.05, 0.1) is 22.4 Å². The van der Waals surface area contributed by atoms with E-state index in [0.29, 0.717) is 46.2 Å². The van der Waals surface area contributed by atoms with Gasteiger partial charge in [-0.3, -0.25) is 9.69 Å². The Bertz CT molecular complexity index is 1470. The zero-order chi connectivity index (χ0) is 30.3. The van der Waals surface area contributed by atoms with Crippen LogP contribution in [0, 0.1) is 0 Å². The molecule has 0 aliphatic carbocycles. The van der Waals surface area contributed by atoms with Gasteiger partial charge in [-0.1, -0.05) is 29.3 Å². The van der Waals surface area contributed by atoms with Crippen LogP contribution in [0.3, 0.4) is 0 Å². The van der Waals surface area contributed by atoms with Crippen LogP contribution in [0.2, 0.25) is 10.0 Å². The van der Waals surface area contributed by atoms with E-state index < -0.39 is 5.60 Å². The Labute approximate surface area is 256 Å². The monoisotopic (exact) mass is 611 g/mol. The predicted molar refractivity (Wildman–Crippen MR) is 168 cm³/mol. The highest BCUT2D eigenvalue weighted by Gasteiger charge is 2.35. The molecule has 1 aromatic heterocycles. The molecule has 42 heavy (non-hydrogen) atoms. The summed E-state index contributed by atoms with van der Waals surface area (Å²) in [5, 5.41) is 4.03. The molecular formula is C30H35Cl2N7O3. The van der Waals surface area contributed by atoms with E-state index in [4.69, 9.17) is 27.9 Å². The second-order valence-corrected chi connectivity index (χ2v) is 12.5. The number of hydrogen-bond acceptors (Lipinski definition) is 8. The topological polar surface area (TPSA) is 94.1 Å². The highest BCUT2D eigenvalue weighted by Crippen LogP contribution is 2.37. The first-order valence-corrected chi connectivity index (χ1v) is 14.6. The van der Waals surface area contributed by atoms with Gasteiger partial charge < -0.3 is 24.8 Å². The van der Waals surface area contributed by atoms with E-state index in [1.165, 1.54) is 11.1 Å². The number of para-hydroxylation sites is 1. The SMILES string of the molecule is C[C@@H]1CN(c2ccc(Nc3ncc4c(n3)N(C)CN(c3c(Cl)cccc3Cl)C4=O)cc2)[C@H](C)CN1C(=O)OC(C)(C)C. The van der Waals surface area contributed by atoms with Crippen molar-refractivity contribution >= 4 is 64.0 Å². The third-order valence-corrected chi connectivity index (χ3v) is 7.85. The fourth-order valence-corrected chi connectivity index (χ4v) is 5.81. The summed E-state index contributed by atoms with van der Waals surface area (Å²) in [7, 11) is 1.85. The van der Waals surface area contributed by atoms with Crippen LogP contribution < -0.4 is 20.0 Å². The number of carbonyl (C=O) groups is 2. The van der Waals surface area contributed by atoms with Crippen molar-refractivity contribution in [2.45, 2.75) is 52.3 Å². The standard InChI is InChI=1S/C30H35Cl2N7O3/c1-18-16-38(29(41)42-30(3,4)5)19(2)15-37(18)21-12-10-20(11-13-21)34-28-33-14-22-26(35-28)36(6)17-39(27(22)40)25-23(31)8-7-9-24(25)32/h7-14,18-19H,15-17H2,1-6H3,(H,33,34,35)/t18-,19-/m1/s1. The number of nitrogens with zero attached hydrogens (tertiary/aromatic N) is 6. The molecule has 0 bridgehead atoms. The minimum Gasteiger partial charge on any atom is -0.444 e. The van der Waals surface area contributed by atoms with Gasteiger partial charge in [0.25, 0.3) is 5.91 Å². The van der Waals surface area contributed by atoms with Crippen LogP contribution in [0.5, 0.6) is 0 Å².